The SMILES string of the molecule is CN(C)c1ccc(CN2C=[N+](Cc3ccc(N(C)C)cc3)CCCC2)cc1.[Cl-]. The van der Waals surface area contributed by atoms with Crippen LogP contribution in [0.3, 0.4) is 0 Å². The molecular formula is C23H33ClN4. The minimum atomic E-state index is 0. The molecule has 28 heavy (non-hydrogen) atoms. The van der Waals surface area contributed by atoms with E-state index in [9.17, 15) is 0 Å². The van der Waals surface area contributed by atoms with Gasteiger partial charge in [-0.2, -0.15) is 0 Å². The molecule has 0 spiro atoms. The molecule has 0 atom stereocenters. The summed E-state index contributed by atoms with van der Waals surface area (Å²) < 4.78 is 2.46. The largest absolute Gasteiger partial charge is 1.00 e. The average Bonchev–Trinajstić information content (AvgIpc) is 2.87. The fourth-order valence-corrected chi connectivity index (χ4v) is 3.48. The molecule has 1 aliphatic rings. The second kappa shape index (κ2) is 10.4. The maximum Gasteiger partial charge on any atom is 0.234 e. The Bertz CT molecular complexity index is 751. The van der Waals surface area contributed by atoms with Crippen molar-refractivity contribution in [1.29, 1.82) is 0 Å². The normalized spacial score (nSPS) is 14.0. The molecule has 1 heterocycles. The highest BCUT2D eigenvalue weighted by Gasteiger charge is 2.15. The zero-order valence-corrected chi connectivity index (χ0v) is 18.4. The van der Waals surface area contributed by atoms with E-state index < -0.39 is 0 Å². The van der Waals surface area contributed by atoms with Crippen molar-refractivity contribution in [2.24, 2.45) is 0 Å². The maximum atomic E-state index is 2.46. The van der Waals surface area contributed by atoms with Crippen LogP contribution in [0.15, 0.2) is 48.5 Å². The molecule has 2 aromatic carbocycles. The molecule has 0 bridgehead atoms. The molecule has 0 fully saturated rings. The third-order valence-electron chi connectivity index (χ3n) is 5.14. The molecule has 0 saturated heterocycles. The smallest absolute Gasteiger partial charge is 0.234 e. The number of rotatable bonds is 6. The molecule has 5 heteroatoms. The van der Waals surface area contributed by atoms with Crippen molar-refractivity contribution in [2.75, 3.05) is 51.1 Å². The van der Waals surface area contributed by atoms with E-state index in [4.69, 9.17) is 0 Å². The van der Waals surface area contributed by atoms with E-state index in [-0.39, 0.29) is 12.4 Å². The van der Waals surface area contributed by atoms with E-state index in [1.165, 1.54) is 35.3 Å². The summed E-state index contributed by atoms with van der Waals surface area (Å²) in [5.74, 6) is 0. The molecule has 3 rings (SSSR count). The van der Waals surface area contributed by atoms with Gasteiger partial charge in [-0.1, -0.05) is 24.3 Å². The third-order valence-corrected chi connectivity index (χ3v) is 5.14. The van der Waals surface area contributed by atoms with Gasteiger partial charge in [0.1, 0.15) is 13.1 Å². The molecule has 0 unspecified atom stereocenters. The molecule has 152 valence electrons. The lowest BCUT2D eigenvalue weighted by Gasteiger charge is -2.15. The average molecular weight is 401 g/mol. The van der Waals surface area contributed by atoms with Gasteiger partial charge in [-0.05, 0) is 48.2 Å². The van der Waals surface area contributed by atoms with E-state index >= 15 is 0 Å². The molecule has 0 N–H and O–H groups in total. The number of benzene rings is 2. The molecule has 0 aromatic heterocycles. The first-order valence-electron chi connectivity index (χ1n) is 9.87. The second-order valence-electron chi connectivity index (χ2n) is 7.89. The Kier molecular flexibility index (Phi) is 8.18. The minimum Gasteiger partial charge on any atom is -1.00 e. The van der Waals surface area contributed by atoms with Gasteiger partial charge in [0, 0.05) is 39.6 Å². The summed E-state index contributed by atoms with van der Waals surface area (Å²) in [5, 5.41) is 0. The van der Waals surface area contributed by atoms with E-state index in [2.05, 4.69) is 102 Å². The van der Waals surface area contributed by atoms with E-state index in [0.717, 1.165) is 26.2 Å². The Hall–Kier alpha value is -2.20. The van der Waals surface area contributed by atoms with Crippen LogP contribution < -0.4 is 22.2 Å². The van der Waals surface area contributed by atoms with Crippen LogP contribution in [0.1, 0.15) is 24.0 Å². The lowest BCUT2D eigenvalue weighted by atomic mass is 10.2. The Morgan fingerprint density at radius 1 is 0.786 bits per heavy atom. The van der Waals surface area contributed by atoms with Crippen molar-refractivity contribution in [1.82, 2.24) is 4.90 Å². The quantitative estimate of drug-likeness (QED) is 0.661. The maximum absolute atomic E-state index is 2.46. The number of hydrogen-bond donors (Lipinski definition) is 0. The first kappa shape index (κ1) is 22.1. The zero-order valence-electron chi connectivity index (χ0n) is 17.6. The van der Waals surface area contributed by atoms with Gasteiger partial charge in [-0.3, -0.25) is 9.48 Å². The van der Waals surface area contributed by atoms with Gasteiger partial charge in [0.15, 0.2) is 0 Å². The summed E-state index contributed by atoms with van der Waals surface area (Å²) in [5.41, 5.74) is 5.24. The van der Waals surface area contributed by atoms with Gasteiger partial charge < -0.3 is 22.2 Å². The number of anilines is 2. The summed E-state index contributed by atoms with van der Waals surface area (Å²) in [4.78, 5) is 6.75. The second-order valence-corrected chi connectivity index (χ2v) is 7.89. The highest BCUT2D eigenvalue weighted by atomic mass is 35.5. The zero-order chi connectivity index (χ0) is 19.2. The Labute approximate surface area is 176 Å². The predicted molar refractivity (Wildman–Crippen MR) is 116 cm³/mol. The number of hydrogen-bond acceptors (Lipinski definition) is 3. The van der Waals surface area contributed by atoms with Crippen LogP contribution in [0.5, 0.6) is 0 Å². The van der Waals surface area contributed by atoms with Crippen LogP contribution in [0.2, 0.25) is 0 Å². The monoisotopic (exact) mass is 400 g/mol. The van der Waals surface area contributed by atoms with Gasteiger partial charge in [-0.25, -0.2) is 0 Å². The van der Waals surface area contributed by atoms with Crippen LogP contribution in [0.25, 0.3) is 0 Å². The van der Waals surface area contributed by atoms with Gasteiger partial charge in [0.05, 0.1) is 13.1 Å². The van der Waals surface area contributed by atoms with Gasteiger partial charge >= 0.3 is 0 Å². The Morgan fingerprint density at radius 2 is 1.32 bits per heavy atom. The molecule has 1 aliphatic heterocycles. The molecule has 0 amide bonds. The first-order chi connectivity index (χ1) is 13.0. The van der Waals surface area contributed by atoms with Gasteiger partial charge in [-0.15, -0.1) is 0 Å². The summed E-state index contributed by atoms with van der Waals surface area (Å²) >= 11 is 0. The van der Waals surface area contributed by atoms with Crippen molar-refractivity contribution < 1.29 is 17.0 Å². The first-order valence-corrected chi connectivity index (χ1v) is 9.87. The number of nitrogens with zero attached hydrogens (tertiary/aromatic N) is 4. The molecule has 0 aliphatic carbocycles. The van der Waals surface area contributed by atoms with E-state index in [1.54, 1.807) is 0 Å². The summed E-state index contributed by atoms with van der Waals surface area (Å²) in [6.07, 6.45) is 4.84. The Balaban J connectivity index is 0.00000280. The molecule has 0 radical (unpaired) electrons. The molecular weight excluding hydrogens is 368 g/mol. The van der Waals surface area contributed by atoms with Crippen molar-refractivity contribution >= 4 is 17.7 Å². The highest BCUT2D eigenvalue weighted by molar-refractivity contribution is 5.51. The van der Waals surface area contributed by atoms with Crippen molar-refractivity contribution in [3.63, 3.8) is 0 Å². The highest BCUT2D eigenvalue weighted by Crippen LogP contribution is 2.16. The molecule has 2 aromatic rings. The van der Waals surface area contributed by atoms with Crippen LogP contribution in [-0.2, 0) is 13.1 Å². The van der Waals surface area contributed by atoms with Crippen LogP contribution in [-0.4, -0.2) is 57.1 Å². The summed E-state index contributed by atoms with van der Waals surface area (Å²) in [6.45, 7) is 4.21. The topological polar surface area (TPSA) is 12.7 Å². The van der Waals surface area contributed by atoms with E-state index in [1.807, 2.05) is 0 Å². The van der Waals surface area contributed by atoms with Crippen LogP contribution in [0.4, 0.5) is 11.4 Å². The third kappa shape index (κ3) is 6.16. The molecule has 0 saturated carbocycles. The van der Waals surface area contributed by atoms with Crippen LogP contribution in [0, 0.1) is 0 Å². The van der Waals surface area contributed by atoms with Crippen molar-refractivity contribution in [3.8, 4) is 0 Å². The fourth-order valence-electron chi connectivity index (χ4n) is 3.48. The van der Waals surface area contributed by atoms with Crippen LogP contribution >= 0.6 is 0 Å². The van der Waals surface area contributed by atoms with Gasteiger partial charge in [0.25, 0.3) is 0 Å². The standard InChI is InChI=1S/C23H33N4.ClH/c1-24(2)22-11-7-20(8-12-22)17-26-15-5-6-16-27(19-26)18-21-9-13-23(14-10-21)25(3)4;/h7-14,19H,5-6,15-18H2,1-4H3;1H/q+1;/p-1. The Morgan fingerprint density at radius 3 is 1.86 bits per heavy atom. The number of halogens is 1. The minimum absolute atomic E-state index is 0. The summed E-state index contributed by atoms with van der Waals surface area (Å²) in [6, 6.07) is 17.8. The van der Waals surface area contributed by atoms with Crippen molar-refractivity contribution in [2.45, 2.75) is 25.9 Å². The van der Waals surface area contributed by atoms with Crippen molar-refractivity contribution in [3.05, 3.63) is 59.7 Å². The summed E-state index contributed by atoms with van der Waals surface area (Å²) in [7, 11) is 8.34. The predicted octanol–water partition coefficient (Wildman–Crippen LogP) is 0.659. The lowest BCUT2D eigenvalue weighted by molar-refractivity contribution is -0.542. The fraction of sp³-hybridized carbons (Fsp3) is 0.435. The lowest BCUT2D eigenvalue weighted by Crippen LogP contribution is -3.00. The van der Waals surface area contributed by atoms with Gasteiger partial charge in [0.2, 0.25) is 6.34 Å². The molecule has 4 nitrogen and oxygen atoms in total. The van der Waals surface area contributed by atoms with E-state index in [0.29, 0.717) is 0 Å².